The first-order valence-electron chi connectivity index (χ1n) is 5.59. The molecule has 0 aliphatic carbocycles. The van der Waals surface area contributed by atoms with E-state index >= 15 is 0 Å². The van der Waals surface area contributed by atoms with Gasteiger partial charge in [0, 0.05) is 18.0 Å². The minimum Gasteiger partial charge on any atom is -0.293 e. The van der Waals surface area contributed by atoms with Gasteiger partial charge in [0.15, 0.2) is 0 Å². The Hall–Kier alpha value is -2.54. The molecule has 0 bridgehead atoms. The minimum atomic E-state index is -0.409. The molecule has 1 amide bonds. The Kier molecular flexibility index (Phi) is 3.67. The highest BCUT2D eigenvalue weighted by Crippen LogP contribution is 2.01. The van der Waals surface area contributed by atoms with Crippen LogP contribution < -0.4 is 16.8 Å². The largest absolute Gasteiger partial charge is 0.293 e. The highest BCUT2D eigenvalue weighted by atomic mass is 16.2. The molecule has 98 valence electrons. The predicted molar refractivity (Wildman–Crippen MR) is 68.2 cm³/mol. The number of amides is 1. The number of aryl methyl sites for hydroxylation is 1. The second-order valence-electron chi connectivity index (χ2n) is 4.01. The van der Waals surface area contributed by atoms with Crippen molar-refractivity contribution in [3.05, 3.63) is 58.0 Å². The highest BCUT2D eigenvalue weighted by Gasteiger charge is 2.05. The molecule has 7 nitrogen and oxygen atoms in total. The van der Waals surface area contributed by atoms with Crippen LogP contribution in [0.5, 0.6) is 0 Å². The van der Waals surface area contributed by atoms with Gasteiger partial charge in [0.25, 0.3) is 11.5 Å². The summed E-state index contributed by atoms with van der Waals surface area (Å²) in [5, 5.41) is 0. The molecule has 0 unspecified atom stereocenters. The van der Waals surface area contributed by atoms with Gasteiger partial charge in [-0.05, 0) is 19.1 Å². The number of aromatic nitrogens is 3. The van der Waals surface area contributed by atoms with Crippen LogP contribution in [-0.4, -0.2) is 20.4 Å². The smallest absolute Gasteiger partial charge is 0.266 e. The van der Waals surface area contributed by atoms with Gasteiger partial charge >= 0.3 is 0 Å². The third-order valence-electron chi connectivity index (χ3n) is 2.57. The first-order chi connectivity index (χ1) is 9.10. The summed E-state index contributed by atoms with van der Waals surface area (Å²) in [7, 11) is 0. The van der Waals surface area contributed by atoms with E-state index in [1.165, 1.54) is 23.2 Å². The summed E-state index contributed by atoms with van der Waals surface area (Å²) < 4.78 is 1.44. The van der Waals surface area contributed by atoms with E-state index in [2.05, 4.69) is 9.97 Å². The standard InChI is InChI=1S/C12H13N5O2/c1-8-4-11(18)17(7-15-8)6-10-3-2-9(5-14-10)12(19)16-13/h2-5,7H,6,13H2,1H3,(H,16,19). The van der Waals surface area contributed by atoms with Crippen LogP contribution in [0.15, 0.2) is 35.5 Å². The number of nitrogens with one attached hydrogen (secondary N) is 1. The average Bonchev–Trinajstić information content (AvgIpc) is 2.42. The lowest BCUT2D eigenvalue weighted by molar-refractivity contribution is 0.0953. The van der Waals surface area contributed by atoms with Crippen molar-refractivity contribution in [3.63, 3.8) is 0 Å². The number of carbonyl (C=O) groups is 1. The second-order valence-corrected chi connectivity index (χ2v) is 4.01. The zero-order valence-corrected chi connectivity index (χ0v) is 10.3. The maximum absolute atomic E-state index is 11.7. The molecule has 2 rings (SSSR count). The van der Waals surface area contributed by atoms with E-state index in [4.69, 9.17) is 5.84 Å². The first kappa shape index (κ1) is 12.9. The molecular formula is C12H13N5O2. The third kappa shape index (κ3) is 3.02. The molecule has 0 spiro atoms. The topological polar surface area (TPSA) is 103 Å². The maximum Gasteiger partial charge on any atom is 0.266 e. The van der Waals surface area contributed by atoms with Gasteiger partial charge in [-0.1, -0.05) is 0 Å². The Bertz CT molecular complexity index is 648. The molecule has 0 radical (unpaired) electrons. The van der Waals surface area contributed by atoms with Gasteiger partial charge in [0.2, 0.25) is 0 Å². The summed E-state index contributed by atoms with van der Waals surface area (Å²) in [6.45, 7) is 2.06. The van der Waals surface area contributed by atoms with Crippen molar-refractivity contribution in [2.24, 2.45) is 5.84 Å². The lowest BCUT2D eigenvalue weighted by Gasteiger charge is -2.05. The molecule has 2 aromatic rings. The van der Waals surface area contributed by atoms with E-state index in [0.29, 0.717) is 23.5 Å². The molecular weight excluding hydrogens is 246 g/mol. The zero-order chi connectivity index (χ0) is 13.8. The van der Waals surface area contributed by atoms with Crippen molar-refractivity contribution in [2.45, 2.75) is 13.5 Å². The second kappa shape index (κ2) is 5.40. The van der Waals surface area contributed by atoms with Crippen LogP contribution in [-0.2, 0) is 6.54 Å². The molecule has 0 atom stereocenters. The van der Waals surface area contributed by atoms with Crippen LogP contribution in [0.3, 0.4) is 0 Å². The van der Waals surface area contributed by atoms with Gasteiger partial charge in [-0.3, -0.25) is 24.6 Å². The molecule has 0 aromatic carbocycles. The molecule has 19 heavy (non-hydrogen) atoms. The van der Waals surface area contributed by atoms with E-state index in [0.717, 1.165) is 0 Å². The van der Waals surface area contributed by atoms with Gasteiger partial charge in [0.05, 0.1) is 24.1 Å². The van der Waals surface area contributed by atoms with Crippen LogP contribution in [0.2, 0.25) is 0 Å². The third-order valence-corrected chi connectivity index (χ3v) is 2.57. The van der Waals surface area contributed by atoms with Crippen molar-refractivity contribution >= 4 is 5.91 Å². The summed E-state index contributed by atoms with van der Waals surface area (Å²) >= 11 is 0. The molecule has 0 saturated carbocycles. The molecule has 2 heterocycles. The van der Waals surface area contributed by atoms with Crippen molar-refractivity contribution in [2.75, 3.05) is 0 Å². The van der Waals surface area contributed by atoms with Crippen LogP contribution in [0, 0.1) is 6.92 Å². The van der Waals surface area contributed by atoms with E-state index in [1.54, 1.807) is 19.1 Å². The Balaban J connectivity index is 2.20. The number of rotatable bonds is 3. The van der Waals surface area contributed by atoms with Crippen molar-refractivity contribution in [1.82, 2.24) is 20.0 Å². The average molecular weight is 259 g/mol. The maximum atomic E-state index is 11.7. The van der Waals surface area contributed by atoms with Gasteiger partial charge in [0.1, 0.15) is 0 Å². The van der Waals surface area contributed by atoms with E-state index < -0.39 is 5.91 Å². The zero-order valence-electron chi connectivity index (χ0n) is 10.3. The predicted octanol–water partition coefficient (Wildman–Crippen LogP) is -0.401. The van der Waals surface area contributed by atoms with Crippen molar-refractivity contribution in [1.29, 1.82) is 0 Å². The minimum absolute atomic E-state index is 0.141. The molecule has 7 heteroatoms. The quantitative estimate of drug-likeness (QED) is 0.443. The molecule has 0 aliphatic heterocycles. The van der Waals surface area contributed by atoms with E-state index in [1.807, 2.05) is 5.43 Å². The SMILES string of the molecule is Cc1cc(=O)n(Cc2ccc(C(=O)NN)cn2)cn1. The van der Waals surface area contributed by atoms with Crippen molar-refractivity contribution in [3.8, 4) is 0 Å². The number of pyridine rings is 1. The first-order valence-corrected chi connectivity index (χ1v) is 5.59. The normalized spacial score (nSPS) is 10.2. The Morgan fingerprint density at radius 3 is 2.79 bits per heavy atom. The summed E-state index contributed by atoms with van der Waals surface area (Å²) in [6.07, 6.45) is 2.88. The molecule has 2 aromatic heterocycles. The fourth-order valence-electron chi connectivity index (χ4n) is 1.55. The number of nitrogen functional groups attached to an aromatic ring is 1. The van der Waals surface area contributed by atoms with E-state index in [-0.39, 0.29) is 5.56 Å². The molecule has 0 saturated heterocycles. The summed E-state index contributed by atoms with van der Waals surface area (Å²) in [5.41, 5.74) is 3.57. The number of nitrogens with zero attached hydrogens (tertiary/aromatic N) is 3. The van der Waals surface area contributed by atoms with Crippen molar-refractivity contribution < 1.29 is 4.79 Å². The summed E-state index contributed by atoms with van der Waals surface area (Å²) in [6, 6.07) is 4.71. The van der Waals surface area contributed by atoms with Gasteiger partial charge in [-0.2, -0.15) is 0 Å². The van der Waals surface area contributed by atoms with Gasteiger partial charge in [-0.15, -0.1) is 0 Å². The van der Waals surface area contributed by atoms with E-state index in [9.17, 15) is 9.59 Å². The Labute approximate surface area is 109 Å². The number of hydrogen-bond donors (Lipinski definition) is 2. The lowest BCUT2D eigenvalue weighted by atomic mass is 10.2. The Morgan fingerprint density at radius 1 is 1.42 bits per heavy atom. The lowest BCUT2D eigenvalue weighted by Crippen LogP contribution is -2.30. The van der Waals surface area contributed by atoms with Crippen LogP contribution in [0.4, 0.5) is 0 Å². The number of hydrazine groups is 1. The monoisotopic (exact) mass is 259 g/mol. The van der Waals surface area contributed by atoms with Gasteiger partial charge in [-0.25, -0.2) is 10.8 Å². The Morgan fingerprint density at radius 2 is 2.21 bits per heavy atom. The van der Waals surface area contributed by atoms with Crippen LogP contribution in [0.25, 0.3) is 0 Å². The fraction of sp³-hybridized carbons (Fsp3) is 0.167. The summed E-state index contributed by atoms with van der Waals surface area (Å²) in [5.74, 6) is 4.61. The number of hydrogen-bond acceptors (Lipinski definition) is 5. The highest BCUT2D eigenvalue weighted by molar-refractivity contribution is 5.93. The number of nitrogens with two attached hydrogens (primary N) is 1. The van der Waals surface area contributed by atoms with Crippen LogP contribution in [0.1, 0.15) is 21.7 Å². The summed E-state index contributed by atoms with van der Waals surface area (Å²) in [4.78, 5) is 31.1. The fourth-order valence-corrected chi connectivity index (χ4v) is 1.55. The number of carbonyl (C=O) groups excluding carboxylic acids is 1. The van der Waals surface area contributed by atoms with Gasteiger partial charge < -0.3 is 0 Å². The molecule has 0 fully saturated rings. The molecule has 0 aliphatic rings. The molecule has 3 N–H and O–H groups in total. The van der Waals surface area contributed by atoms with Crippen LogP contribution >= 0.6 is 0 Å².